The van der Waals surface area contributed by atoms with Crippen molar-refractivity contribution in [3.63, 3.8) is 0 Å². The van der Waals surface area contributed by atoms with Gasteiger partial charge in [0.25, 0.3) is 10.1 Å². The van der Waals surface area contributed by atoms with E-state index in [0.717, 1.165) is 0 Å². The van der Waals surface area contributed by atoms with Crippen molar-refractivity contribution in [2.45, 2.75) is 11.3 Å². The molecule has 0 amide bonds. The molecule has 4 nitrogen and oxygen atoms in total. The SMILES string of the molecule is O=S(=O)(O)c1ccccc1C#CCCO. The van der Waals surface area contributed by atoms with Gasteiger partial charge in [0, 0.05) is 12.0 Å². The van der Waals surface area contributed by atoms with Crippen LogP contribution in [0.15, 0.2) is 29.2 Å². The van der Waals surface area contributed by atoms with Gasteiger partial charge in [0.2, 0.25) is 0 Å². The van der Waals surface area contributed by atoms with Gasteiger partial charge in [0.05, 0.1) is 6.61 Å². The van der Waals surface area contributed by atoms with E-state index in [-0.39, 0.29) is 23.5 Å². The molecule has 2 N–H and O–H groups in total. The second kappa shape index (κ2) is 4.94. The molecule has 0 aromatic heterocycles. The third-order valence-corrected chi connectivity index (χ3v) is 2.54. The molecule has 0 saturated carbocycles. The van der Waals surface area contributed by atoms with E-state index in [9.17, 15) is 8.42 Å². The Labute approximate surface area is 88.3 Å². The second-order valence-corrected chi connectivity index (χ2v) is 4.14. The highest BCUT2D eigenvalue weighted by atomic mass is 32.2. The number of aliphatic hydroxyl groups is 1. The van der Waals surface area contributed by atoms with Crippen molar-refractivity contribution in [2.75, 3.05) is 6.61 Å². The summed E-state index contributed by atoms with van der Waals surface area (Å²) in [6.07, 6.45) is 0.264. The van der Waals surface area contributed by atoms with Crippen LogP contribution >= 0.6 is 0 Å². The Morgan fingerprint density at radius 1 is 1.27 bits per heavy atom. The first-order chi connectivity index (χ1) is 7.05. The maximum Gasteiger partial charge on any atom is 0.295 e. The standard InChI is InChI=1S/C10H10O4S/c11-8-4-3-6-9-5-1-2-7-10(9)15(12,13)14/h1-2,5,7,11H,4,8H2,(H,12,13,14). The fourth-order valence-electron chi connectivity index (χ4n) is 1.01. The molecule has 0 aliphatic carbocycles. The number of hydrogen-bond donors (Lipinski definition) is 2. The molecule has 0 fully saturated rings. The molecule has 15 heavy (non-hydrogen) atoms. The summed E-state index contributed by atoms with van der Waals surface area (Å²) in [7, 11) is -4.24. The van der Waals surface area contributed by atoms with Crippen molar-refractivity contribution in [3.05, 3.63) is 29.8 Å². The minimum absolute atomic E-state index is 0.0823. The van der Waals surface area contributed by atoms with Crippen LogP contribution in [0.5, 0.6) is 0 Å². The number of aliphatic hydroxyl groups excluding tert-OH is 1. The summed E-state index contributed by atoms with van der Waals surface area (Å²) in [6, 6.07) is 5.89. The van der Waals surface area contributed by atoms with Gasteiger partial charge in [-0.3, -0.25) is 4.55 Å². The minimum Gasteiger partial charge on any atom is -0.395 e. The van der Waals surface area contributed by atoms with Crippen LogP contribution in [-0.4, -0.2) is 24.7 Å². The molecule has 0 saturated heterocycles. The smallest absolute Gasteiger partial charge is 0.295 e. The molecule has 1 aromatic rings. The third-order valence-electron chi connectivity index (χ3n) is 1.62. The first kappa shape index (κ1) is 11.7. The van der Waals surface area contributed by atoms with Crippen molar-refractivity contribution in [1.29, 1.82) is 0 Å². The highest BCUT2D eigenvalue weighted by Gasteiger charge is 2.12. The largest absolute Gasteiger partial charge is 0.395 e. The molecular weight excluding hydrogens is 216 g/mol. The monoisotopic (exact) mass is 226 g/mol. The van der Waals surface area contributed by atoms with Crippen LogP contribution in [0, 0.1) is 11.8 Å². The van der Waals surface area contributed by atoms with Crippen LogP contribution in [0.1, 0.15) is 12.0 Å². The van der Waals surface area contributed by atoms with E-state index in [0.29, 0.717) is 0 Å². The van der Waals surface area contributed by atoms with E-state index in [2.05, 4.69) is 11.8 Å². The highest BCUT2D eigenvalue weighted by molar-refractivity contribution is 7.85. The molecule has 0 atom stereocenters. The van der Waals surface area contributed by atoms with E-state index in [1.807, 2.05) is 0 Å². The van der Waals surface area contributed by atoms with E-state index in [1.54, 1.807) is 6.07 Å². The zero-order chi connectivity index (χ0) is 11.3. The van der Waals surface area contributed by atoms with Crippen molar-refractivity contribution in [3.8, 4) is 11.8 Å². The lowest BCUT2D eigenvalue weighted by atomic mass is 10.2. The molecule has 0 bridgehead atoms. The Balaban J connectivity index is 3.15. The van der Waals surface area contributed by atoms with Gasteiger partial charge in [-0.25, -0.2) is 0 Å². The zero-order valence-corrected chi connectivity index (χ0v) is 8.66. The molecule has 5 heteroatoms. The van der Waals surface area contributed by atoms with E-state index in [1.165, 1.54) is 18.2 Å². The van der Waals surface area contributed by atoms with Gasteiger partial charge in [-0.2, -0.15) is 8.42 Å². The number of rotatable bonds is 2. The number of hydrogen-bond acceptors (Lipinski definition) is 3. The highest BCUT2D eigenvalue weighted by Crippen LogP contribution is 2.13. The average Bonchev–Trinajstić information content (AvgIpc) is 2.17. The normalized spacial score (nSPS) is 10.5. The first-order valence-electron chi connectivity index (χ1n) is 4.22. The Bertz CT molecular complexity index is 494. The van der Waals surface area contributed by atoms with Gasteiger partial charge in [0.1, 0.15) is 4.90 Å². The predicted molar refractivity (Wildman–Crippen MR) is 54.8 cm³/mol. The first-order valence-corrected chi connectivity index (χ1v) is 5.66. The van der Waals surface area contributed by atoms with Crippen LogP contribution in [0.25, 0.3) is 0 Å². The summed E-state index contributed by atoms with van der Waals surface area (Å²) in [5.41, 5.74) is 0.230. The van der Waals surface area contributed by atoms with Gasteiger partial charge in [-0.1, -0.05) is 24.0 Å². The van der Waals surface area contributed by atoms with Gasteiger partial charge >= 0.3 is 0 Å². The molecule has 0 aliphatic rings. The van der Waals surface area contributed by atoms with E-state index < -0.39 is 10.1 Å². The second-order valence-electron chi connectivity index (χ2n) is 2.75. The Morgan fingerprint density at radius 3 is 2.53 bits per heavy atom. The summed E-state index contributed by atoms with van der Waals surface area (Å²) in [5, 5.41) is 8.50. The van der Waals surface area contributed by atoms with Gasteiger partial charge in [-0.05, 0) is 12.1 Å². The molecule has 0 radical (unpaired) electrons. The summed E-state index contributed by atoms with van der Waals surface area (Å²) in [5.74, 6) is 5.16. The van der Waals surface area contributed by atoms with E-state index in [4.69, 9.17) is 9.66 Å². The molecule has 1 aromatic carbocycles. The molecule has 80 valence electrons. The third kappa shape index (κ3) is 3.36. The van der Waals surface area contributed by atoms with Crippen LogP contribution in [0.2, 0.25) is 0 Å². The van der Waals surface area contributed by atoms with Crippen LogP contribution < -0.4 is 0 Å². The summed E-state index contributed by atoms with van der Waals surface area (Å²) in [6.45, 7) is -0.0823. The molecule has 0 spiro atoms. The van der Waals surface area contributed by atoms with Crippen LogP contribution in [0.3, 0.4) is 0 Å². The fraction of sp³-hybridized carbons (Fsp3) is 0.200. The summed E-state index contributed by atoms with van der Waals surface area (Å²) >= 11 is 0. The number of benzene rings is 1. The Kier molecular flexibility index (Phi) is 3.86. The van der Waals surface area contributed by atoms with Gasteiger partial charge in [0.15, 0.2) is 0 Å². The van der Waals surface area contributed by atoms with Gasteiger partial charge in [-0.15, -0.1) is 0 Å². The molecule has 0 unspecified atom stereocenters. The quantitative estimate of drug-likeness (QED) is 0.574. The topological polar surface area (TPSA) is 74.6 Å². The lowest BCUT2D eigenvalue weighted by Crippen LogP contribution is -2.00. The molecule has 0 heterocycles. The molecule has 0 aliphatic heterocycles. The molecular formula is C10H10O4S. The van der Waals surface area contributed by atoms with Crippen LogP contribution in [-0.2, 0) is 10.1 Å². The molecule has 1 rings (SSSR count). The average molecular weight is 226 g/mol. The van der Waals surface area contributed by atoms with E-state index >= 15 is 0 Å². The lowest BCUT2D eigenvalue weighted by Gasteiger charge is -1.99. The van der Waals surface area contributed by atoms with Crippen LogP contribution in [0.4, 0.5) is 0 Å². The summed E-state index contributed by atoms with van der Waals surface area (Å²) in [4.78, 5) is -0.213. The minimum atomic E-state index is -4.24. The predicted octanol–water partition coefficient (Wildman–Crippen LogP) is 0.667. The maximum atomic E-state index is 10.9. The Morgan fingerprint density at radius 2 is 1.93 bits per heavy atom. The van der Waals surface area contributed by atoms with Crippen molar-refractivity contribution in [2.24, 2.45) is 0 Å². The van der Waals surface area contributed by atoms with Crippen molar-refractivity contribution < 1.29 is 18.1 Å². The van der Waals surface area contributed by atoms with Crippen molar-refractivity contribution >= 4 is 10.1 Å². The summed E-state index contributed by atoms with van der Waals surface area (Å²) < 4.78 is 30.7. The maximum absolute atomic E-state index is 10.9. The Hall–Kier alpha value is -1.35. The fourth-order valence-corrected chi connectivity index (χ4v) is 1.66. The van der Waals surface area contributed by atoms with Crippen molar-refractivity contribution in [1.82, 2.24) is 0 Å². The zero-order valence-electron chi connectivity index (χ0n) is 7.84. The van der Waals surface area contributed by atoms with Gasteiger partial charge < -0.3 is 5.11 Å². The lowest BCUT2D eigenvalue weighted by molar-refractivity contribution is 0.305.